The topological polar surface area (TPSA) is 51.0 Å². The largest absolute Gasteiger partial charge is 0.370 e. The first kappa shape index (κ1) is 8.95. The molecule has 1 aliphatic rings. The van der Waals surface area contributed by atoms with Crippen molar-refractivity contribution in [1.82, 2.24) is 4.98 Å². The molecule has 1 aromatic carbocycles. The van der Waals surface area contributed by atoms with Gasteiger partial charge < -0.3 is 15.5 Å². The number of hydrogen-bond acceptors (Lipinski definition) is 2. The molecule has 0 aliphatic carbocycles. The number of aromatic nitrogens is 1. The summed E-state index contributed by atoms with van der Waals surface area (Å²) in [5.41, 5.74) is 9.43. The van der Waals surface area contributed by atoms with Crippen LogP contribution in [0.25, 0.3) is 10.9 Å². The molecule has 0 fully saturated rings. The molecule has 0 amide bonds. The minimum absolute atomic E-state index is 0.0427. The van der Waals surface area contributed by atoms with Gasteiger partial charge in [0.2, 0.25) is 0 Å². The Morgan fingerprint density at radius 1 is 1.40 bits per heavy atom. The SMILES string of the molecule is NCC1OCCc2c1[nH]c1ccccc21. The predicted octanol–water partition coefficient (Wildman–Crippen LogP) is 1.74. The van der Waals surface area contributed by atoms with E-state index in [1.807, 2.05) is 6.07 Å². The quantitative estimate of drug-likeness (QED) is 0.740. The fourth-order valence-corrected chi connectivity index (χ4v) is 2.34. The minimum Gasteiger partial charge on any atom is -0.370 e. The summed E-state index contributed by atoms with van der Waals surface area (Å²) in [6.45, 7) is 1.32. The van der Waals surface area contributed by atoms with Gasteiger partial charge in [0.05, 0.1) is 6.61 Å². The molecule has 0 radical (unpaired) electrons. The lowest BCUT2D eigenvalue weighted by molar-refractivity contribution is 0.0463. The van der Waals surface area contributed by atoms with Gasteiger partial charge in [-0.1, -0.05) is 18.2 Å². The van der Waals surface area contributed by atoms with Crippen molar-refractivity contribution in [3.63, 3.8) is 0 Å². The first-order valence-corrected chi connectivity index (χ1v) is 5.31. The Balaban J connectivity index is 2.24. The van der Waals surface area contributed by atoms with E-state index in [0.717, 1.165) is 13.0 Å². The van der Waals surface area contributed by atoms with Crippen LogP contribution in [0.4, 0.5) is 0 Å². The molecule has 3 rings (SSSR count). The molecule has 1 atom stereocenters. The number of para-hydroxylation sites is 1. The highest BCUT2D eigenvalue weighted by atomic mass is 16.5. The van der Waals surface area contributed by atoms with Crippen molar-refractivity contribution in [2.75, 3.05) is 13.2 Å². The van der Waals surface area contributed by atoms with Crippen molar-refractivity contribution in [3.05, 3.63) is 35.5 Å². The molecule has 0 saturated heterocycles. The smallest absolute Gasteiger partial charge is 0.110 e. The van der Waals surface area contributed by atoms with Crippen LogP contribution < -0.4 is 5.73 Å². The standard InChI is InChI=1S/C12H14N2O/c13-7-11-12-9(5-6-15-11)8-3-1-2-4-10(8)14-12/h1-4,11,14H,5-7,13H2. The Bertz CT molecular complexity index is 489. The third-order valence-corrected chi connectivity index (χ3v) is 3.05. The van der Waals surface area contributed by atoms with Gasteiger partial charge >= 0.3 is 0 Å². The van der Waals surface area contributed by atoms with Gasteiger partial charge in [0.15, 0.2) is 0 Å². The van der Waals surface area contributed by atoms with Gasteiger partial charge in [-0.2, -0.15) is 0 Å². The monoisotopic (exact) mass is 202 g/mol. The molecule has 0 saturated carbocycles. The van der Waals surface area contributed by atoms with Gasteiger partial charge in [-0.25, -0.2) is 0 Å². The maximum absolute atomic E-state index is 5.69. The number of H-pyrrole nitrogens is 1. The number of nitrogens with one attached hydrogen (secondary N) is 1. The Labute approximate surface area is 88.2 Å². The molecule has 1 aromatic heterocycles. The number of benzene rings is 1. The van der Waals surface area contributed by atoms with Gasteiger partial charge in [0.1, 0.15) is 6.10 Å². The van der Waals surface area contributed by atoms with Crippen LogP contribution in [-0.4, -0.2) is 18.1 Å². The van der Waals surface area contributed by atoms with Crippen LogP contribution in [0.3, 0.4) is 0 Å². The summed E-state index contributed by atoms with van der Waals surface area (Å²) in [7, 11) is 0. The molecule has 2 aromatic rings. The van der Waals surface area contributed by atoms with Crippen LogP contribution in [0, 0.1) is 0 Å². The highest BCUT2D eigenvalue weighted by Gasteiger charge is 2.23. The summed E-state index contributed by atoms with van der Waals surface area (Å²) in [6, 6.07) is 8.37. The Hall–Kier alpha value is -1.32. The maximum atomic E-state index is 5.69. The van der Waals surface area contributed by atoms with Crippen molar-refractivity contribution < 1.29 is 4.74 Å². The molecule has 1 unspecified atom stereocenters. The van der Waals surface area contributed by atoms with E-state index in [2.05, 4.69) is 23.2 Å². The van der Waals surface area contributed by atoms with Crippen LogP contribution in [0.1, 0.15) is 17.4 Å². The fraction of sp³-hybridized carbons (Fsp3) is 0.333. The summed E-state index contributed by atoms with van der Waals surface area (Å²) < 4.78 is 5.63. The van der Waals surface area contributed by atoms with E-state index in [4.69, 9.17) is 10.5 Å². The molecule has 78 valence electrons. The van der Waals surface area contributed by atoms with E-state index in [0.29, 0.717) is 6.54 Å². The average Bonchev–Trinajstić information content (AvgIpc) is 2.67. The molecule has 3 N–H and O–H groups in total. The number of hydrogen-bond donors (Lipinski definition) is 2. The molecular weight excluding hydrogens is 188 g/mol. The highest BCUT2D eigenvalue weighted by Crippen LogP contribution is 2.31. The molecule has 3 nitrogen and oxygen atoms in total. The maximum Gasteiger partial charge on any atom is 0.110 e. The fourth-order valence-electron chi connectivity index (χ4n) is 2.34. The second-order valence-electron chi connectivity index (χ2n) is 3.91. The Morgan fingerprint density at radius 2 is 2.27 bits per heavy atom. The second-order valence-corrected chi connectivity index (χ2v) is 3.91. The van der Waals surface area contributed by atoms with E-state index in [1.54, 1.807) is 0 Å². The molecular formula is C12H14N2O. The summed E-state index contributed by atoms with van der Waals surface area (Å²) >= 11 is 0. The average molecular weight is 202 g/mol. The zero-order chi connectivity index (χ0) is 10.3. The normalized spacial score (nSPS) is 20.5. The summed E-state index contributed by atoms with van der Waals surface area (Å²) in [6.07, 6.45) is 1.02. The van der Waals surface area contributed by atoms with Gasteiger partial charge in [0.25, 0.3) is 0 Å². The second kappa shape index (κ2) is 3.36. The van der Waals surface area contributed by atoms with Crippen molar-refractivity contribution in [2.45, 2.75) is 12.5 Å². The van der Waals surface area contributed by atoms with E-state index in [-0.39, 0.29) is 6.10 Å². The lowest BCUT2D eigenvalue weighted by atomic mass is 10.0. The van der Waals surface area contributed by atoms with E-state index >= 15 is 0 Å². The minimum atomic E-state index is 0.0427. The van der Waals surface area contributed by atoms with E-state index < -0.39 is 0 Å². The third-order valence-electron chi connectivity index (χ3n) is 3.05. The van der Waals surface area contributed by atoms with Gasteiger partial charge in [-0.3, -0.25) is 0 Å². The Morgan fingerprint density at radius 3 is 3.13 bits per heavy atom. The third kappa shape index (κ3) is 1.28. The molecule has 2 heterocycles. The van der Waals surface area contributed by atoms with Crippen molar-refractivity contribution in [1.29, 1.82) is 0 Å². The highest BCUT2D eigenvalue weighted by molar-refractivity contribution is 5.85. The molecule has 15 heavy (non-hydrogen) atoms. The van der Waals surface area contributed by atoms with Crippen LogP contribution in [0.5, 0.6) is 0 Å². The van der Waals surface area contributed by atoms with Crippen molar-refractivity contribution >= 4 is 10.9 Å². The van der Waals surface area contributed by atoms with E-state index in [1.165, 1.54) is 22.2 Å². The van der Waals surface area contributed by atoms with Gasteiger partial charge in [-0.15, -0.1) is 0 Å². The number of fused-ring (bicyclic) bond motifs is 3. The zero-order valence-corrected chi connectivity index (χ0v) is 8.49. The van der Waals surface area contributed by atoms with Gasteiger partial charge in [0, 0.05) is 23.1 Å². The summed E-state index contributed by atoms with van der Waals surface area (Å²) in [5.74, 6) is 0. The first-order valence-electron chi connectivity index (χ1n) is 5.31. The lowest BCUT2D eigenvalue weighted by Gasteiger charge is -2.21. The molecule has 0 spiro atoms. The lowest BCUT2D eigenvalue weighted by Crippen LogP contribution is -2.22. The van der Waals surface area contributed by atoms with Crippen molar-refractivity contribution in [3.8, 4) is 0 Å². The van der Waals surface area contributed by atoms with Crippen LogP contribution in [-0.2, 0) is 11.2 Å². The summed E-state index contributed by atoms with van der Waals surface area (Å²) in [4.78, 5) is 3.41. The first-order chi connectivity index (χ1) is 7.40. The molecule has 1 aliphatic heterocycles. The summed E-state index contributed by atoms with van der Waals surface area (Å²) in [5, 5.41) is 1.31. The van der Waals surface area contributed by atoms with E-state index in [9.17, 15) is 0 Å². The zero-order valence-electron chi connectivity index (χ0n) is 8.49. The van der Waals surface area contributed by atoms with Crippen LogP contribution >= 0.6 is 0 Å². The molecule has 0 bridgehead atoms. The predicted molar refractivity (Wildman–Crippen MR) is 59.8 cm³/mol. The van der Waals surface area contributed by atoms with Crippen molar-refractivity contribution in [2.24, 2.45) is 5.73 Å². The van der Waals surface area contributed by atoms with Crippen LogP contribution in [0.2, 0.25) is 0 Å². The number of ether oxygens (including phenoxy) is 1. The Kier molecular flexibility index (Phi) is 2.01. The molecule has 3 heteroatoms. The number of nitrogens with two attached hydrogens (primary N) is 1. The van der Waals surface area contributed by atoms with Crippen LogP contribution in [0.15, 0.2) is 24.3 Å². The number of aromatic amines is 1. The van der Waals surface area contributed by atoms with Gasteiger partial charge in [-0.05, 0) is 18.1 Å². The number of rotatable bonds is 1.